The van der Waals surface area contributed by atoms with E-state index >= 15 is 0 Å². The Balaban J connectivity index is 2.34. The van der Waals surface area contributed by atoms with Gasteiger partial charge in [0.05, 0.1) is 5.92 Å². The second kappa shape index (κ2) is 3.18. The molecule has 0 heterocycles. The molecule has 1 aromatic rings. The van der Waals surface area contributed by atoms with Crippen LogP contribution in [0.25, 0.3) is 0 Å². The molecule has 0 radical (unpaired) electrons. The van der Waals surface area contributed by atoms with Crippen molar-refractivity contribution in [3.8, 4) is 5.75 Å². The molecule has 1 aromatic carbocycles. The number of hydrogen-bond acceptors (Lipinski definition) is 2. The Morgan fingerprint density at radius 2 is 2.07 bits per heavy atom. The van der Waals surface area contributed by atoms with E-state index in [1.54, 1.807) is 0 Å². The Bertz CT molecular complexity index is 431. The third kappa shape index (κ3) is 1.65. The lowest BCUT2D eigenvalue weighted by molar-refractivity contribution is -0.138. The zero-order valence-electron chi connectivity index (χ0n) is 7.58. The van der Waals surface area contributed by atoms with E-state index in [0.717, 1.165) is 6.07 Å². The highest BCUT2D eigenvalue weighted by atomic mass is 19.1. The first-order valence-corrected chi connectivity index (χ1v) is 4.41. The average molecular weight is 214 g/mol. The fourth-order valence-corrected chi connectivity index (χ4v) is 1.68. The van der Waals surface area contributed by atoms with E-state index in [-0.39, 0.29) is 5.56 Å². The van der Waals surface area contributed by atoms with Crippen LogP contribution in [0.1, 0.15) is 17.9 Å². The molecule has 2 rings (SSSR count). The molecule has 1 fully saturated rings. The van der Waals surface area contributed by atoms with Gasteiger partial charge in [-0.25, -0.2) is 8.78 Å². The molecule has 0 saturated heterocycles. The maximum Gasteiger partial charge on any atom is 0.307 e. The van der Waals surface area contributed by atoms with Gasteiger partial charge in [0.25, 0.3) is 0 Å². The number of aromatic hydroxyl groups is 1. The predicted octanol–water partition coefficient (Wildman–Crippen LogP) is 1.86. The number of rotatable bonds is 2. The fourth-order valence-electron chi connectivity index (χ4n) is 1.68. The predicted molar refractivity (Wildman–Crippen MR) is 46.5 cm³/mol. The molecule has 1 aliphatic carbocycles. The minimum Gasteiger partial charge on any atom is -0.505 e. The molecule has 80 valence electrons. The average Bonchev–Trinajstić information content (AvgIpc) is 2.90. The highest BCUT2D eigenvalue weighted by Gasteiger charge is 2.46. The van der Waals surface area contributed by atoms with Crippen LogP contribution >= 0.6 is 0 Å². The van der Waals surface area contributed by atoms with E-state index in [1.807, 2.05) is 0 Å². The van der Waals surface area contributed by atoms with Gasteiger partial charge in [-0.2, -0.15) is 0 Å². The molecule has 1 saturated carbocycles. The molecule has 0 aliphatic heterocycles. The van der Waals surface area contributed by atoms with Gasteiger partial charge in [-0.3, -0.25) is 4.79 Å². The van der Waals surface area contributed by atoms with Crippen LogP contribution in [0.5, 0.6) is 5.75 Å². The summed E-state index contributed by atoms with van der Waals surface area (Å²) in [6, 6.07) is 1.54. The summed E-state index contributed by atoms with van der Waals surface area (Å²) in [6.07, 6.45) is 0.311. The van der Waals surface area contributed by atoms with Crippen LogP contribution in [0, 0.1) is 17.6 Å². The normalized spacial score (nSPS) is 23.9. The van der Waals surface area contributed by atoms with Crippen molar-refractivity contribution in [3.63, 3.8) is 0 Å². The van der Waals surface area contributed by atoms with Gasteiger partial charge in [-0.05, 0) is 12.5 Å². The highest BCUT2D eigenvalue weighted by molar-refractivity contribution is 5.75. The number of carbonyl (C=O) groups is 1. The number of halogens is 2. The number of phenols is 1. The highest BCUT2D eigenvalue weighted by Crippen LogP contribution is 2.50. The van der Waals surface area contributed by atoms with Crippen LogP contribution < -0.4 is 0 Å². The zero-order chi connectivity index (χ0) is 11.2. The standard InChI is InChI=1S/C10H8F2O3/c11-4-1-6(9(13)8(12)2-4)5-3-7(5)10(14)15/h1-2,5,7,13H,3H2,(H,14,15). The van der Waals surface area contributed by atoms with Crippen LogP contribution in [0.15, 0.2) is 12.1 Å². The number of carboxylic acids is 1. The van der Waals surface area contributed by atoms with Crippen molar-refractivity contribution in [2.75, 3.05) is 0 Å². The lowest BCUT2D eigenvalue weighted by Gasteiger charge is -2.04. The molecule has 15 heavy (non-hydrogen) atoms. The molecule has 0 aromatic heterocycles. The number of hydrogen-bond donors (Lipinski definition) is 2. The van der Waals surface area contributed by atoms with E-state index in [4.69, 9.17) is 5.11 Å². The minimum absolute atomic E-state index is 0.0416. The van der Waals surface area contributed by atoms with E-state index in [0.29, 0.717) is 12.5 Å². The van der Waals surface area contributed by atoms with Crippen molar-refractivity contribution in [1.29, 1.82) is 0 Å². The van der Waals surface area contributed by atoms with Gasteiger partial charge in [0.2, 0.25) is 0 Å². The largest absolute Gasteiger partial charge is 0.505 e. The first-order chi connectivity index (χ1) is 7.00. The topological polar surface area (TPSA) is 57.5 Å². The van der Waals surface area contributed by atoms with E-state index < -0.39 is 35.2 Å². The van der Waals surface area contributed by atoms with Gasteiger partial charge in [0, 0.05) is 17.5 Å². The Labute approximate surface area is 84.0 Å². The van der Waals surface area contributed by atoms with E-state index in [9.17, 15) is 18.7 Å². The summed E-state index contributed by atoms with van der Waals surface area (Å²) in [6.45, 7) is 0. The molecule has 2 N–H and O–H groups in total. The lowest BCUT2D eigenvalue weighted by atomic mass is 10.1. The number of aliphatic carboxylic acids is 1. The molecule has 0 spiro atoms. The second-order valence-electron chi connectivity index (χ2n) is 3.61. The molecular formula is C10H8F2O3. The van der Waals surface area contributed by atoms with Gasteiger partial charge < -0.3 is 10.2 Å². The SMILES string of the molecule is O=C(O)C1CC1c1cc(F)cc(F)c1O. The minimum atomic E-state index is -1.05. The molecule has 1 aliphatic rings. The Hall–Kier alpha value is -1.65. The number of benzene rings is 1. The monoisotopic (exact) mass is 214 g/mol. The number of carboxylic acid groups (broad SMARTS) is 1. The van der Waals surface area contributed by atoms with E-state index in [2.05, 4.69) is 0 Å². The molecule has 2 unspecified atom stereocenters. The zero-order valence-corrected chi connectivity index (χ0v) is 7.58. The van der Waals surface area contributed by atoms with Crippen molar-refractivity contribution in [1.82, 2.24) is 0 Å². The van der Waals surface area contributed by atoms with Crippen LogP contribution in [-0.4, -0.2) is 16.2 Å². The first-order valence-electron chi connectivity index (χ1n) is 4.41. The van der Waals surface area contributed by atoms with Crippen molar-refractivity contribution in [2.45, 2.75) is 12.3 Å². The van der Waals surface area contributed by atoms with Crippen LogP contribution in [0.4, 0.5) is 8.78 Å². The summed E-state index contributed by atoms with van der Waals surface area (Å²) in [5.74, 6) is -4.64. The van der Waals surface area contributed by atoms with Crippen LogP contribution in [0.3, 0.4) is 0 Å². The van der Waals surface area contributed by atoms with Crippen molar-refractivity contribution >= 4 is 5.97 Å². The van der Waals surface area contributed by atoms with Gasteiger partial charge in [-0.15, -0.1) is 0 Å². The number of phenolic OH excluding ortho intramolecular Hbond substituents is 1. The maximum absolute atomic E-state index is 12.9. The maximum atomic E-state index is 12.9. The summed E-state index contributed by atoms with van der Waals surface area (Å²) >= 11 is 0. The quantitative estimate of drug-likeness (QED) is 0.789. The Morgan fingerprint density at radius 3 is 2.60 bits per heavy atom. The summed E-state index contributed by atoms with van der Waals surface area (Å²) < 4.78 is 25.7. The Morgan fingerprint density at radius 1 is 1.40 bits per heavy atom. The first kappa shape index (κ1) is 9.89. The van der Waals surface area contributed by atoms with Crippen molar-refractivity contribution in [2.24, 2.45) is 5.92 Å². The van der Waals surface area contributed by atoms with Crippen LogP contribution in [0.2, 0.25) is 0 Å². The molecule has 0 amide bonds. The van der Waals surface area contributed by atoms with Crippen molar-refractivity contribution in [3.05, 3.63) is 29.3 Å². The van der Waals surface area contributed by atoms with Gasteiger partial charge in [0.15, 0.2) is 11.6 Å². The van der Waals surface area contributed by atoms with Crippen molar-refractivity contribution < 1.29 is 23.8 Å². The molecule has 3 nitrogen and oxygen atoms in total. The third-order valence-electron chi connectivity index (χ3n) is 2.56. The third-order valence-corrected chi connectivity index (χ3v) is 2.56. The summed E-state index contributed by atoms with van der Waals surface area (Å²) in [7, 11) is 0. The Kier molecular flexibility index (Phi) is 2.10. The molecule has 2 atom stereocenters. The fraction of sp³-hybridized carbons (Fsp3) is 0.300. The van der Waals surface area contributed by atoms with Crippen LogP contribution in [-0.2, 0) is 4.79 Å². The van der Waals surface area contributed by atoms with Gasteiger partial charge >= 0.3 is 5.97 Å². The van der Waals surface area contributed by atoms with Gasteiger partial charge in [-0.1, -0.05) is 0 Å². The smallest absolute Gasteiger partial charge is 0.307 e. The second-order valence-corrected chi connectivity index (χ2v) is 3.61. The molecule has 0 bridgehead atoms. The van der Waals surface area contributed by atoms with Gasteiger partial charge in [0.1, 0.15) is 5.82 Å². The molecular weight excluding hydrogens is 206 g/mol. The lowest BCUT2D eigenvalue weighted by Crippen LogP contribution is -1.99. The van der Waals surface area contributed by atoms with E-state index in [1.165, 1.54) is 0 Å². The summed E-state index contributed by atoms with van der Waals surface area (Å²) in [5, 5.41) is 17.9. The summed E-state index contributed by atoms with van der Waals surface area (Å²) in [5.41, 5.74) is 0.0416. The molecule has 5 heteroatoms. The summed E-state index contributed by atoms with van der Waals surface area (Å²) in [4.78, 5) is 10.6.